The van der Waals surface area contributed by atoms with Crippen molar-refractivity contribution in [3.05, 3.63) is 35.4 Å². The molecule has 2 rings (SSSR count). The van der Waals surface area contributed by atoms with Crippen molar-refractivity contribution < 1.29 is 4.79 Å². The average Bonchev–Trinajstić information content (AvgIpc) is 2.87. The smallest absolute Gasteiger partial charge is 0.252 e. The van der Waals surface area contributed by atoms with Gasteiger partial charge >= 0.3 is 0 Å². The van der Waals surface area contributed by atoms with Gasteiger partial charge in [-0.3, -0.25) is 4.79 Å². The summed E-state index contributed by atoms with van der Waals surface area (Å²) in [5.41, 5.74) is 1.85. The van der Waals surface area contributed by atoms with E-state index in [1.165, 1.54) is 12.8 Å². The van der Waals surface area contributed by atoms with E-state index in [2.05, 4.69) is 48.1 Å². The van der Waals surface area contributed by atoms with Crippen LogP contribution < -0.4 is 5.32 Å². The summed E-state index contributed by atoms with van der Waals surface area (Å²) in [6.45, 7) is 6.44. The third-order valence-corrected chi connectivity index (χ3v) is 5.25. The Hall–Kier alpha value is -0.830. The molecule has 110 valence electrons. The number of carbonyl (C=O) groups is 1. The lowest BCUT2D eigenvalue weighted by Crippen LogP contribution is -2.48. The first-order chi connectivity index (χ1) is 9.38. The molecule has 1 amide bonds. The van der Waals surface area contributed by atoms with Gasteiger partial charge in [-0.05, 0) is 29.9 Å². The summed E-state index contributed by atoms with van der Waals surface area (Å²) in [6.07, 6.45) is 4.54. The highest BCUT2D eigenvalue weighted by molar-refractivity contribution is 9.09. The van der Waals surface area contributed by atoms with E-state index < -0.39 is 0 Å². The van der Waals surface area contributed by atoms with Crippen molar-refractivity contribution in [2.24, 2.45) is 0 Å². The van der Waals surface area contributed by atoms with Crippen LogP contribution in [0.5, 0.6) is 0 Å². The van der Waals surface area contributed by atoms with Gasteiger partial charge in [-0.15, -0.1) is 0 Å². The summed E-state index contributed by atoms with van der Waals surface area (Å²) in [5.74, 6) is 0.0666. The topological polar surface area (TPSA) is 29.1 Å². The Morgan fingerprint density at radius 3 is 2.40 bits per heavy atom. The number of nitrogens with one attached hydrogen (secondary N) is 1. The second-order valence-corrected chi connectivity index (χ2v) is 7.43. The van der Waals surface area contributed by atoms with Crippen molar-refractivity contribution in [2.45, 2.75) is 57.4 Å². The molecule has 1 aliphatic rings. The standard InChI is InChI=1S/C17H24BrNO/c1-16(2,3)14-9-5-4-8-13(14)15(20)19-17(12-18)10-6-7-11-17/h4-5,8-9H,6-7,10-12H2,1-3H3,(H,19,20). The Kier molecular flexibility index (Phi) is 4.58. The minimum absolute atomic E-state index is 0.0226. The molecule has 1 saturated carbocycles. The summed E-state index contributed by atoms with van der Waals surface area (Å²) < 4.78 is 0. The number of amides is 1. The van der Waals surface area contributed by atoms with E-state index in [4.69, 9.17) is 0 Å². The van der Waals surface area contributed by atoms with Gasteiger partial charge in [-0.2, -0.15) is 0 Å². The first-order valence-electron chi connectivity index (χ1n) is 7.36. The lowest BCUT2D eigenvalue weighted by molar-refractivity contribution is 0.0908. The highest BCUT2D eigenvalue weighted by Crippen LogP contribution is 2.32. The average molecular weight is 338 g/mol. The summed E-state index contributed by atoms with van der Waals surface area (Å²) in [7, 11) is 0. The normalized spacial score (nSPS) is 18.0. The second-order valence-electron chi connectivity index (χ2n) is 6.87. The molecule has 0 bridgehead atoms. The molecule has 0 aromatic heterocycles. The lowest BCUT2D eigenvalue weighted by atomic mass is 9.83. The van der Waals surface area contributed by atoms with Crippen LogP contribution in [0.4, 0.5) is 0 Å². The maximum Gasteiger partial charge on any atom is 0.252 e. The lowest BCUT2D eigenvalue weighted by Gasteiger charge is -2.30. The van der Waals surface area contributed by atoms with E-state index in [1.54, 1.807) is 0 Å². The zero-order valence-corrected chi connectivity index (χ0v) is 14.2. The minimum Gasteiger partial charge on any atom is -0.346 e. The predicted octanol–water partition coefficient (Wildman–Crippen LogP) is 4.42. The number of hydrogen-bond acceptors (Lipinski definition) is 1. The van der Waals surface area contributed by atoms with Crippen molar-refractivity contribution in [3.63, 3.8) is 0 Å². The summed E-state index contributed by atoms with van der Waals surface area (Å²) in [4.78, 5) is 12.7. The van der Waals surface area contributed by atoms with Crippen LogP contribution >= 0.6 is 15.9 Å². The maximum atomic E-state index is 12.7. The number of halogens is 1. The second kappa shape index (κ2) is 5.88. The first-order valence-corrected chi connectivity index (χ1v) is 8.48. The Morgan fingerprint density at radius 2 is 1.85 bits per heavy atom. The highest BCUT2D eigenvalue weighted by Gasteiger charge is 2.35. The van der Waals surface area contributed by atoms with E-state index >= 15 is 0 Å². The zero-order valence-electron chi connectivity index (χ0n) is 12.6. The zero-order chi connectivity index (χ0) is 14.8. The number of rotatable bonds is 3. The van der Waals surface area contributed by atoms with Gasteiger partial charge in [0.15, 0.2) is 0 Å². The van der Waals surface area contributed by atoms with E-state index in [-0.39, 0.29) is 16.9 Å². The fraction of sp³-hybridized carbons (Fsp3) is 0.588. The first kappa shape index (κ1) is 15.6. The number of benzene rings is 1. The van der Waals surface area contributed by atoms with Gasteiger partial charge in [-0.25, -0.2) is 0 Å². The molecule has 1 fully saturated rings. The summed E-state index contributed by atoms with van der Waals surface area (Å²) >= 11 is 3.58. The molecule has 3 heteroatoms. The summed E-state index contributed by atoms with van der Waals surface area (Å²) in [6, 6.07) is 7.95. The monoisotopic (exact) mass is 337 g/mol. The Balaban J connectivity index is 2.26. The van der Waals surface area contributed by atoms with E-state index in [1.807, 2.05) is 18.2 Å². The van der Waals surface area contributed by atoms with Crippen molar-refractivity contribution in [2.75, 3.05) is 5.33 Å². The van der Waals surface area contributed by atoms with Crippen LogP contribution in [-0.4, -0.2) is 16.8 Å². The summed E-state index contributed by atoms with van der Waals surface area (Å²) in [5, 5.41) is 4.12. The Bertz CT molecular complexity index is 484. The van der Waals surface area contributed by atoms with E-state index in [9.17, 15) is 4.79 Å². The molecule has 0 heterocycles. The Labute approximate surface area is 130 Å². The van der Waals surface area contributed by atoms with Gasteiger partial charge in [0.2, 0.25) is 0 Å². The molecule has 0 aliphatic heterocycles. The molecule has 0 saturated heterocycles. The maximum absolute atomic E-state index is 12.7. The van der Waals surface area contributed by atoms with Crippen molar-refractivity contribution >= 4 is 21.8 Å². The number of hydrogen-bond donors (Lipinski definition) is 1. The van der Waals surface area contributed by atoms with Crippen molar-refractivity contribution in [1.29, 1.82) is 0 Å². The highest BCUT2D eigenvalue weighted by atomic mass is 79.9. The molecule has 20 heavy (non-hydrogen) atoms. The Morgan fingerprint density at radius 1 is 1.25 bits per heavy atom. The van der Waals surface area contributed by atoms with Crippen molar-refractivity contribution in [3.8, 4) is 0 Å². The molecular formula is C17H24BrNO. The van der Waals surface area contributed by atoms with Crippen LogP contribution in [0.15, 0.2) is 24.3 Å². The fourth-order valence-corrected chi connectivity index (χ4v) is 3.69. The van der Waals surface area contributed by atoms with E-state index in [0.29, 0.717) is 0 Å². The molecular weight excluding hydrogens is 314 g/mol. The molecule has 0 atom stereocenters. The molecule has 2 nitrogen and oxygen atoms in total. The van der Waals surface area contributed by atoms with Gasteiger partial charge in [-0.1, -0.05) is 67.7 Å². The van der Waals surface area contributed by atoms with Crippen LogP contribution in [0, 0.1) is 0 Å². The fourth-order valence-electron chi connectivity index (χ4n) is 2.99. The van der Waals surface area contributed by atoms with Crippen LogP contribution in [0.25, 0.3) is 0 Å². The van der Waals surface area contributed by atoms with Gasteiger partial charge in [0.05, 0.1) is 5.54 Å². The van der Waals surface area contributed by atoms with E-state index in [0.717, 1.165) is 29.3 Å². The third kappa shape index (κ3) is 3.25. The van der Waals surface area contributed by atoms with Crippen LogP contribution in [-0.2, 0) is 5.41 Å². The molecule has 0 radical (unpaired) electrons. The third-order valence-electron chi connectivity index (χ3n) is 4.17. The molecule has 0 unspecified atom stereocenters. The molecule has 1 aromatic rings. The SMILES string of the molecule is CC(C)(C)c1ccccc1C(=O)NC1(CBr)CCCC1. The van der Waals surface area contributed by atoms with Crippen LogP contribution in [0.1, 0.15) is 62.4 Å². The molecule has 1 aromatic carbocycles. The van der Waals surface area contributed by atoms with Crippen LogP contribution in [0.3, 0.4) is 0 Å². The largest absolute Gasteiger partial charge is 0.346 e. The predicted molar refractivity (Wildman–Crippen MR) is 87.6 cm³/mol. The van der Waals surface area contributed by atoms with Gasteiger partial charge in [0.25, 0.3) is 5.91 Å². The molecule has 1 N–H and O–H groups in total. The quantitative estimate of drug-likeness (QED) is 0.812. The van der Waals surface area contributed by atoms with Gasteiger partial charge < -0.3 is 5.32 Å². The minimum atomic E-state index is -0.0535. The van der Waals surface area contributed by atoms with Crippen molar-refractivity contribution in [1.82, 2.24) is 5.32 Å². The number of alkyl halides is 1. The van der Waals surface area contributed by atoms with Gasteiger partial charge in [0.1, 0.15) is 0 Å². The van der Waals surface area contributed by atoms with Gasteiger partial charge in [0, 0.05) is 10.9 Å². The molecule has 0 spiro atoms. The number of carbonyl (C=O) groups excluding carboxylic acids is 1. The van der Waals surface area contributed by atoms with Crippen LogP contribution in [0.2, 0.25) is 0 Å². The molecule has 1 aliphatic carbocycles.